The molecule has 0 spiro atoms. The lowest BCUT2D eigenvalue weighted by Crippen LogP contribution is -2.35. The number of alkyl halides is 1. The zero-order valence-corrected chi connectivity index (χ0v) is 12.6. The third-order valence-electron chi connectivity index (χ3n) is 3.55. The lowest BCUT2D eigenvalue weighted by molar-refractivity contribution is 0.207. The van der Waals surface area contributed by atoms with Crippen LogP contribution in [0.2, 0.25) is 10.0 Å². The minimum atomic E-state index is 0.489. The normalized spacial score (nSPS) is 21.8. The molecular weight excluding hydrogens is 289 g/mol. The van der Waals surface area contributed by atoms with E-state index in [9.17, 15) is 0 Å². The summed E-state index contributed by atoms with van der Waals surface area (Å²) in [5.41, 5.74) is 1.21. The van der Waals surface area contributed by atoms with Gasteiger partial charge in [0.2, 0.25) is 0 Å². The van der Waals surface area contributed by atoms with Crippen molar-refractivity contribution in [2.75, 3.05) is 12.4 Å². The molecule has 0 saturated carbocycles. The molecule has 0 N–H and O–H groups in total. The topological polar surface area (TPSA) is 3.24 Å². The predicted octanol–water partition coefficient (Wildman–Crippen LogP) is 4.98. The Bertz CT molecular complexity index is 395. The van der Waals surface area contributed by atoms with Gasteiger partial charge in [0.25, 0.3) is 0 Å². The van der Waals surface area contributed by atoms with Crippen molar-refractivity contribution in [2.24, 2.45) is 0 Å². The van der Waals surface area contributed by atoms with Crippen LogP contribution in [0.1, 0.15) is 31.2 Å². The lowest BCUT2D eigenvalue weighted by Gasteiger charge is -2.28. The van der Waals surface area contributed by atoms with Crippen molar-refractivity contribution in [1.82, 2.24) is 4.90 Å². The summed E-state index contributed by atoms with van der Waals surface area (Å²) in [4.78, 5) is 2.47. The second-order valence-corrected chi connectivity index (χ2v) is 6.00. The van der Waals surface area contributed by atoms with Crippen molar-refractivity contribution in [3.63, 3.8) is 0 Å². The smallest absolute Gasteiger partial charge is 0.0595 e. The molecule has 0 aliphatic carbocycles. The van der Waals surface area contributed by atoms with E-state index in [4.69, 9.17) is 34.8 Å². The Labute approximate surface area is 124 Å². The number of hydrogen-bond donors (Lipinski definition) is 0. The first-order valence-corrected chi connectivity index (χ1v) is 7.73. The number of rotatable bonds is 3. The van der Waals surface area contributed by atoms with Gasteiger partial charge < -0.3 is 0 Å². The molecular formula is C14H18Cl3N. The SMILES string of the molecule is ClCC1CCCCCN1Cc1ccc(Cl)c(Cl)c1. The van der Waals surface area contributed by atoms with Gasteiger partial charge in [-0.25, -0.2) is 0 Å². The summed E-state index contributed by atoms with van der Waals surface area (Å²) >= 11 is 18.1. The quantitative estimate of drug-likeness (QED) is 0.712. The Morgan fingerprint density at radius 2 is 1.94 bits per heavy atom. The molecule has 1 fully saturated rings. The van der Waals surface area contributed by atoms with Crippen LogP contribution in [0.5, 0.6) is 0 Å². The van der Waals surface area contributed by atoms with E-state index in [1.54, 1.807) is 0 Å². The van der Waals surface area contributed by atoms with Crippen LogP contribution in [0.3, 0.4) is 0 Å². The van der Waals surface area contributed by atoms with Crippen LogP contribution in [0, 0.1) is 0 Å². The van der Waals surface area contributed by atoms with Gasteiger partial charge >= 0.3 is 0 Å². The van der Waals surface area contributed by atoms with Crippen LogP contribution in [-0.2, 0) is 6.54 Å². The molecule has 1 aliphatic rings. The minimum absolute atomic E-state index is 0.489. The fraction of sp³-hybridized carbons (Fsp3) is 0.571. The number of halogens is 3. The highest BCUT2D eigenvalue weighted by atomic mass is 35.5. The second kappa shape index (κ2) is 7.00. The summed E-state index contributed by atoms with van der Waals surface area (Å²) in [7, 11) is 0. The van der Waals surface area contributed by atoms with Crippen molar-refractivity contribution in [1.29, 1.82) is 0 Å². The van der Waals surface area contributed by atoms with Gasteiger partial charge in [0, 0.05) is 18.5 Å². The summed E-state index contributed by atoms with van der Waals surface area (Å²) in [5, 5.41) is 1.25. The highest BCUT2D eigenvalue weighted by Crippen LogP contribution is 2.25. The summed E-state index contributed by atoms with van der Waals surface area (Å²) in [6.45, 7) is 2.03. The van der Waals surface area contributed by atoms with Crippen molar-refractivity contribution in [2.45, 2.75) is 38.3 Å². The zero-order valence-electron chi connectivity index (χ0n) is 10.3. The molecule has 1 saturated heterocycles. The maximum absolute atomic E-state index is 6.08. The van der Waals surface area contributed by atoms with Crippen molar-refractivity contribution in [3.05, 3.63) is 33.8 Å². The Kier molecular flexibility index (Phi) is 5.62. The van der Waals surface area contributed by atoms with Gasteiger partial charge in [0.1, 0.15) is 0 Å². The van der Waals surface area contributed by atoms with Crippen LogP contribution >= 0.6 is 34.8 Å². The Morgan fingerprint density at radius 3 is 2.67 bits per heavy atom. The maximum atomic E-state index is 6.08. The average Bonchev–Trinajstić information content (AvgIpc) is 2.59. The van der Waals surface area contributed by atoms with Gasteiger partial charge in [-0.05, 0) is 37.1 Å². The lowest BCUT2D eigenvalue weighted by atomic mass is 10.1. The summed E-state index contributed by atoms with van der Waals surface area (Å²) in [6.07, 6.45) is 5.06. The average molecular weight is 307 g/mol. The monoisotopic (exact) mass is 305 g/mol. The Hall–Kier alpha value is 0.0500. The van der Waals surface area contributed by atoms with E-state index in [1.165, 1.54) is 31.2 Å². The molecule has 18 heavy (non-hydrogen) atoms. The molecule has 0 radical (unpaired) electrons. The molecule has 0 amide bonds. The van der Waals surface area contributed by atoms with Crippen LogP contribution in [0.25, 0.3) is 0 Å². The predicted molar refractivity (Wildman–Crippen MR) is 79.8 cm³/mol. The van der Waals surface area contributed by atoms with E-state index in [0.29, 0.717) is 22.0 Å². The van der Waals surface area contributed by atoms with E-state index in [-0.39, 0.29) is 0 Å². The van der Waals surface area contributed by atoms with E-state index in [1.807, 2.05) is 18.2 Å². The van der Waals surface area contributed by atoms with Gasteiger partial charge in [-0.3, -0.25) is 4.90 Å². The first-order chi connectivity index (χ1) is 8.70. The van der Waals surface area contributed by atoms with Gasteiger partial charge in [0.15, 0.2) is 0 Å². The largest absolute Gasteiger partial charge is 0.295 e. The molecule has 1 atom stereocenters. The third kappa shape index (κ3) is 3.77. The van der Waals surface area contributed by atoms with E-state index >= 15 is 0 Å². The van der Waals surface area contributed by atoms with Crippen LogP contribution in [-0.4, -0.2) is 23.4 Å². The maximum Gasteiger partial charge on any atom is 0.0595 e. The van der Waals surface area contributed by atoms with Gasteiger partial charge in [-0.1, -0.05) is 42.1 Å². The van der Waals surface area contributed by atoms with Crippen LogP contribution < -0.4 is 0 Å². The second-order valence-electron chi connectivity index (χ2n) is 4.88. The van der Waals surface area contributed by atoms with Gasteiger partial charge in [-0.2, -0.15) is 0 Å². The van der Waals surface area contributed by atoms with E-state index < -0.39 is 0 Å². The summed E-state index contributed by atoms with van der Waals surface area (Å²) in [6, 6.07) is 6.36. The minimum Gasteiger partial charge on any atom is -0.295 e. The molecule has 1 heterocycles. The Balaban J connectivity index is 2.07. The molecule has 1 aromatic rings. The molecule has 1 aromatic carbocycles. The number of nitrogens with zero attached hydrogens (tertiary/aromatic N) is 1. The van der Waals surface area contributed by atoms with Crippen LogP contribution in [0.4, 0.5) is 0 Å². The first-order valence-electron chi connectivity index (χ1n) is 6.44. The fourth-order valence-electron chi connectivity index (χ4n) is 2.49. The molecule has 4 heteroatoms. The molecule has 1 aliphatic heterocycles. The first kappa shape index (κ1) is 14.5. The summed E-state index contributed by atoms with van der Waals surface area (Å²) < 4.78 is 0. The van der Waals surface area contributed by atoms with Crippen molar-refractivity contribution >= 4 is 34.8 Å². The van der Waals surface area contributed by atoms with Gasteiger partial charge in [0.05, 0.1) is 10.0 Å². The summed E-state index contributed by atoms with van der Waals surface area (Å²) in [5.74, 6) is 0.710. The zero-order chi connectivity index (χ0) is 13.0. The van der Waals surface area contributed by atoms with Crippen molar-refractivity contribution < 1.29 is 0 Å². The van der Waals surface area contributed by atoms with E-state index in [2.05, 4.69) is 4.90 Å². The Morgan fingerprint density at radius 1 is 1.11 bits per heavy atom. The molecule has 1 nitrogen and oxygen atoms in total. The molecule has 2 rings (SSSR count). The number of benzene rings is 1. The van der Waals surface area contributed by atoms with Crippen molar-refractivity contribution in [3.8, 4) is 0 Å². The highest BCUT2D eigenvalue weighted by molar-refractivity contribution is 6.42. The number of likely N-dealkylation sites (tertiary alicyclic amines) is 1. The van der Waals surface area contributed by atoms with Gasteiger partial charge in [-0.15, -0.1) is 11.6 Å². The van der Waals surface area contributed by atoms with Crippen LogP contribution in [0.15, 0.2) is 18.2 Å². The highest BCUT2D eigenvalue weighted by Gasteiger charge is 2.20. The van der Waals surface area contributed by atoms with E-state index in [0.717, 1.165) is 13.1 Å². The molecule has 0 bridgehead atoms. The molecule has 1 unspecified atom stereocenters. The standard InChI is InChI=1S/C14H18Cl3N/c15-9-12-4-2-1-3-7-18(12)10-11-5-6-13(16)14(17)8-11/h5-6,8,12H,1-4,7,9-10H2. The third-order valence-corrected chi connectivity index (χ3v) is 4.64. The number of hydrogen-bond acceptors (Lipinski definition) is 1. The molecule has 0 aromatic heterocycles. The molecule has 100 valence electrons. The fourth-order valence-corrected chi connectivity index (χ4v) is 3.16.